The molecule has 0 aromatic carbocycles. The van der Waals surface area contributed by atoms with E-state index in [1.807, 2.05) is 0 Å². The van der Waals surface area contributed by atoms with Gasteiger partial charge < -0.3 is 39.9 Å². The second-order valence-corrected chi connectivity index (χ2v) is 16.6. The quantitative estimate of drug-likeness (QED) is 0.0159. The average Bonchev–Trinajstić information content (AvgIpc) is 3.16. The Balaban J connectivity index is 2.49. The van der Waals surface area contributed by atoms with Crippen molar-refractivity contribution in [3.63, 3.8) is 0 Å². The molecule has 55 heavy (non-hydrogen) atoms. The normalized spacial score (nSPS) is 23.1. The lowest BCUT2D eigenvalue weighted by atomic mass is 9.85. The molecular weight excluding hydrogens is 731 g/mol. The summed E-state index contributed by atoms with van der Waals surface area (Å²) in [5.41, 5.74) is 0. The minimum Gasteiger partial charge on any atom is -0.462 e. The summed E-state index contributed by atoms with van der Waals surface area (Å²) >= 11 is 0. The van der Waals surface area contributed by atoms with Gasteiger partial charge in [0.05, 0.1) is 6.61 Å². The van der Waals surface area contributed by atoms with E-state index >= 15 is 0 Å². The van der Waals surface area contributed by atoms with Gasteiger partial charge in [-0.2, -0.15) is 0 Å². The third-order valence-electron chi connectivity index (χ3n) is 10.1. The molecule has 0 aromatic rings. The van der Waals surface area contributed by atoms with E-state index in [-0.39, 0.29) is 12.8 Å². The molecule has 0 amide bonds. The average molecular weight is 809 g/mol. The smallest absolute Gasteiger partial charge is 0.462 e. The van der Waals surface area contributed by atoms with Crippen LogP contribution in [0, 0.1) is 0 Å². The fraction of sp³-hybridized carbons (Fsp3) is 0.902. The topological polar surface area (TPSA) is 210 Å². The van der Waals surface area contributed by atoms with Crippen molar-refractivity contribution < 1.29 is 63.1 Å². The molecule has 1 fully saturated rings. The molecule has 6 N–H and O–H groups in total. The van der Waals surface area contributed by atoms with Crippen LogP contribution in [0.3, 0.4) is 0 Å². The summed E-state index contributed by atoms with van der Waals surface area (Å²) < 4.78 is 33.4. The summed E-state index contributed by atoms with van der Waals surface area (Å²) in [7, 11) is -5.11. The molecule has 0 bridgehead atoms. The molecule has 6 unspecified atom stereocenters. The molecule has 0 aromatic heterocycles. The van der Waals surface area contributed by atoms with Crippen molar-refractivity contribution in [2.75, 3.05) is 13.2 Å². The molecule has 0 saturated heterocycles. The first kappa shape index (κ1) is 51.6. The number of phosphoric ester groups is 1. The molecule has 0 spiro atoms. The van der Waals surface area contributed by atoms with E-state index < -0.39 is 75.7 Å². The first-order valence-electron chi connectivity index (χ1n) is 21.5. The predicted octanol–water partition coefficient (Wildman–Crippen LogP) is 7.50. The Hall–Kier alpha value is -1.41. The molecule has 0 heterocycles. The first-order valence-corrected chi connectivity index (χ1v) is 23.0. The van der Waals surface area contributed by atoms with E-state index in [4.69, 9.17) is 18.5 Å². The van der Waals surface area contributed by atoms with Crippen molar-refractivity contribution in [2.45, 2.75) is 224 Å². The van der Waals surface area contributed by atoms with E-state index in [0.717, 1.165) is 57.8 Å². The van der Waals surface area contributed by atoms with Gasteiger partial charge in [-0.3, -0.25) is 18.6 Å². The van der Waals surface area contributed by atoms with Crippen LogP contribution in [0.1, 0.15) is 181 Å². The van der Waals surface area contributed by atoms with E-state index in [0.29, 0.717) is 12.8 Å². The lowest BCUT2D eigenvalue weighted by Crippen LogP contribution is -2.64. The van der Waals surface area contributed by atoms with Crippen LogP contribution in [0.15, 0.2) is 12.2 Å². The second kappa shape index (κ2) is 32.5. The maximum atomic E-state index is 12.8. The zero-order valence-corrected chi connectivity index (χ0v) is 34.9. The number of aliphatic hydroxyl groups excluding tert-OH is 5. The van der Waals surface area contributed by atoms with Crippen LogP contribution in [0.5, 0.6) is 0 Å². The van der Waals surface area contributed by atoms with E-state index in [1.54, 1.807) is 0 Å². The number of ether oxygens (including phenoxy) is 2. The Morgan fingerprint density at radius 1 is 0.545 bits per heavy atom. The fourth-order valence-corrected chi connectivity index (χ4v) is 7.55. The van der Waals surface area contributed by atoms with Crippen LogP contribution in [0.4, 0.5) is 0 Å². The van der Waals surface area contributed by atoms with Crippen LogP contribution in [-0.2, 0) is 32.7 Å². The number of phosphoric acid groups is 1. The zero-order valence-electron chi connectivity index (χ0n) is 34.0. The molecule has 14 heteroatoms. The molecule has 1 aliphatic carbocycles. The zero-order chi connectivity index (χ0) is 40.7. The van der Waals surface area contributed by atoms with Gasteiger partial charge in [0, 0.05) is 12.8 Å². The van der Waals surface area contributed by atoms with E-state index in [2.05, 4.69) is 26.0 Å². The second-order valence-electron chi connectivity index (χ2n) is 15.2. The van der Waals surface area contributed by atoms with Gasteiger partial charge in [-0.15, -0.1) is 0 Å². The van der Waals surface area contributed by atoms with Crippen molar-refractivity contribution >= 4 is 19.8 Å². The summed E-state index contributed by atoms with van der Waals surface area (Å²) in [6.07, 6.45) is 18.5. The van der Waals surface area contributed by atoms with Gasteiger partial charge in [-0.1, -0.05) is 142 Å². The number of unbranched alkanes of at least 4 members (excludes halogenated alkanes) is 21. The standard InChI is InChI=1S/C41H77O13P/c1-3-5-7-9-11-13-15-17-18-20-21-23-25-27-29-34(42)51-31-33(53-35(43)30-28-26-24-22-19-16-14-12-10-8-6-4-2)32-52-55(49,50)54-41-39(47)37(45)36(44)38(46)40(41)48/h12,14,33,36-41,44-48H,3-11,13,15-32H2,1-2H3,(H,49,50)/b14-12-/t33-,36?,37-,38?,39?,40?,41?/m1/s1. The Bertz CT molecular complexity index is 1030. The summed E-state index contributed by atoms with van der Waals surface area (Å²) in [6, 6.07) is 0. The van der Waals surface area contributed by atoms with Crippen LogP contribution in [0.2, 0.25) is 0 Å². The Morgan fingerprint density at radius 3 is 1.42 bits per heavy atom. The maximum absolute atomic E-state index is 12.8. The van der Waals surface area contributed by atoms with Crippen LogP contribution < -0.4 is 0 Å². The van der Waals surface area contributed by atoms with Gasteiger partial charge in [0.2, 0.25) is 0 Å². The summed E-state index contributed by atoms with van der Waals surface area (Å²) in [6.45, 7) is 3.25. The minimum absolute atomic E-state index is 0.0900. The number of carbonyl (C=O) groups is 2. The highest BCUT2D eigenvalue weighted by Gasteiger charge is 2.51. The Kier molecular flexibility index (Phi) is 30.5. The highest BCUT2D eigenvalue weighted by atomic mass is 31.2. The third-order valence-corrected chi connectivity index (χ3v) is 11.1. The minimum atomic E-state index is -5.11. The molecule has 0 aliphatic heterocycles. The summed E-state index contributed by atoms with van der Waals surface area (Å²) in [4.78, 5) is 35.5. The van der Waals surface area contributed by atoms with Gasteiger partial charge in [0.15, 0.2) is 6.10 Å². The number of hydrogen-bond donors (Lipinski definition) is 6. The van der Waals surface area contributed by atoms with Gasteiger partial charge in [-0.05, 0) is 38.5 Å². The number of hydrogen-bond acceptors (Lipinski definition) is 12. The number of carbonyl (C=O) groups excluding carboxylic acids is 2. The van der Waals surface area contributed by atoms with Gasteiger partial charge in [0.1, 0.15) is 43.2 Å². The molecule has 1 aliphatic rings. The third kappa shape index (κ3) is 25.5. The predicted molar refractivity (Wildman–Crippen MR) is 212 cm³/mol. The molecule has 1 saturated carbocycles. The SMILES string of the molecule is CCCCC/C=C\CCCCCCCC(=O)O[C@H](COC(=O)CCCCCCCCCCCCCCCC)COP(=O)(O)OC1C(O)C(O)C(O)[C@@H](O)C1O. The van der Waals surface area contributed by atoms with Crippen LogP contribution in [-0.4, -0.2) is 98.3 Å². The van der Waals surface area contributed by atoms with Crippen molar-refractivity contribution in [3.05, 3.63) is 12.2 Å². The van der Waals surface area contributed by atoms with Crippen molar-refractivity contribution in [2.24, 2.45) is 0 Å². The van der Waals surface area contributed by atoms with E-state index in [1.165, 1.54) is 83.5 Å². The molecule has 1 rings (SSSR count). The van der Waals surface area contributed by atoms with Crippen molar-refractivity contribution in [3.8, 4) is 0 Å². The lowest BCUT2D eigenvalue weighted by Gasteiger charge is -2.41. The Labute approximate surface area is 331 Å². The van der Waals surface area contributed by atoms with Crippen LogP contribution in [0.25, 0.3) is 0 Å². The molecule has 0 radical (unpaired) electrons. The molecule has 13 nitrogen and oxygen atoms in total. The summed E-state index contributed by atoms with van der Waals surface area (Å²) in [5, 5.41) is 50.0. The monoisotopic (exact) mass is 809 g/mol. The highest BCUT2D eigenvalue weighted by Crippen LogP contribution is 2.47. The van der Waals surface area contributed by atoms with Crippen LogP contribution >= 0.6 is 7.82 Å². The molecule has 324 valence electrons. The van der Waals surface area contributed by atoms with Gasteiger partial charge in [0.25, 0.3) is 0 Å². The maximum Gasteiger partial charge on any atom is 0.472 e. The Morgan fingerprint density at radius 2 is 0.927 bits per heavy atom. The largest absolute Gasteiger partial charge is 0.472 e. The van der Waals surface area contributed by atoms with Crippen molar-refractivity contribution in [1.29, 1.82) is 0 Å². The van der Waals surface area contributed by atoms with Crippen molar-refractivity contribution in [1.82, 2.24) is 0 Å². The van der Waals surface area contributed by atoms with Gasteiger partial charge >= 0.3 is 19.8 Å². The number of aliphatic hydroxyl groups is 5. The summed E-state index contributed by atoms with van der Waals surface area (Å²) in [5.74, 6) is -1.10. The fourth-order valence-electron chi connectivity index (χ4n) is 6.58. The lowest BCUT2D eigenvalue weighted by molar-refractivity contribution is -0.220. The molecular formula is C41H77O13P. The first-order chi connectivity index (χ1) is 26.4. The van der Waals surface area contributed by atoms with Gasteiger partial charge in [-0.25, -0.2) is 4.57 Å². The number of rotatable bonds is 35. The van der Waals surface area contributed by atoms with E-state index in [9.17, 15) is 44.6 Å². The molecule has 8 atom stereocenters. The number of esters is 2. The number of allylic oxidation sites excluding steroid dienone is 2. The highest BCUT2D eigenvalue weighted by molar-refractivity contribution is 7.47.